The van der Waals surface area contributed by atoms with Crippen molar-refractivity contribution in [3.8, 4) is 0 Å². The zero-order valence-corrected chi connectivity index (χ0v) is 10.1. The van der Waals surface area contributed by atoms with Crippen LogP contribution in [0.5, 0.6) is 0 Å². The highest BCUT2D eigenvalue weighted by atomic mass is 15.2. The Morgan fingerprint density at radius 2 is 2.00 bits per heavy atom. The predicted octanol–water partition coefficient (Wildman–Crippen LogP) is 2.11. The lowest BCUT2D eigenvalue weighted by molar-refractivity contribution is 0.181. The van der Waals surface area contributed by atoms with E-state index in [2.05, 4.69) is 31.0 Å². The van der Waals surface area contributed by atoms with E-state index in [0.29, 0.717) is 0 Å². The zero-order chi connectivity index (χ0) is 10.4. The van der Waals surface area contributed by atoms with Gasteiger partial charge in [-0.2, -0.15) is 0 Å². The minimum absolute atomic E-state index is 0.769. The third kappa shape index (κ3) is 3.58. The smallest absolute Gasteiger partial charge is 0.0110 e. The van der Waals surface area contributed by atoms with Crippen LogP contribution in [0.4, 0.5) is 0 Å². The molecule has 1 N–H and O–H groups in total. The summed E-state index contributed by atoms with van der Waals surface area (Å²) >= 11 is 0. The summed E-state index contributed by atoms with van der Waals surface area (Å²) in [6, 6.07) is 0.769. The van der Waals surface area contributed by atoms with Gasteiger partial charge in [0.15, 0.2) is 0 Å². The third-order valence-electron chi connectivity index (χ3n) is 3.59. The lowest BCUT2D eigenvalue weighted by Gasteiger charge is -2.29. The molecule has 1 saturated heterocycles. The molecule has 0 saturated carbocycles. The standard InChI is InChI=1S/C12H26N2/c1-4-12(5-2)10-14-9-8-13-7-6-11(14)3/h11-13H,4-10H2,1-3H3. The van der Waals surface area contributed by atoms with Crippen molar-refractivity contribution in [3.63, 3.8) is 0 Å². The number of nitrogens with zero attached hydrogens (tertiary/aromatic N) is 1. The highest BCUT2D eigenvalue weighted by Crippen LogP contribution is 2.14. The van der Waals surface area contributed by atoms with Gasteiger partial charge in [0.2, 0.25) is 0 Å². The van der Waals surface area contributed by atoms with Crippen molar-refractivity contribution in [1.82, 2.24) is 10.2 Å². The van der Waals surface area contributed by atoms with Crippen molar-refractivity contribution in [3.05, 3.63) is 0 Å². The van der Waals surface area contributed by atoms with E-state index in [4.69, 9.17) is 0 Å². The monoisotopic (exact) mass is 198 g/mol. The van der Waals surface area contributed by atoms with Crippen molar-refractivity contribution in [2.75, 3.05) is 26.2 Å². The Kier molecular flexibility index (Phi) is 5.49. The van der Waals surface area contributed by atoms with Gasteiger partial charge in [-0.15, -0.1) is 0 Å². The molecule has 1 atom stereocenters. The lowest BCUT2D eigenvalue weighted by Crippen LogP contribution is -2.37. The highest BCUT2D eigenvalue weighted by molar-refractivity contribution is 4.75. The van der Waals surface area contributed by atoms with Crippen LogP contribution in [-0.4, -0.2) is 37.1 Å². The van der Waals surface area contributed by atoms with Crippen molar-refractivity contribution in [2.24, 2.45) is 5.92 Å². The fourth-order valence-corrected chi connectivity index (χ4v) is 2.21. The molecule has 84 valence electrons. The van der Waals surface area contributed by atoms with Crippen LogP contribution in [0.25, 0.3) is 0 Å². The van der Waals surface area contributed by atoms with Gasteiger partial charge >= 0.3 is 0 Å². The van der Waals surface area contributed by atoms with Crippen LogP contribution in [-0.2, 0) is 0 Å². The summed E-state index contributed by atoms with van der Waals surface area (Å²) in [5.41, 5.74) is 0. The van der Waals surface area contributed by atoms with Crippen LogP contribution in [0.2, 0.25) is 0 Å². The number of nitrogens with one attached hydrogen (secondary N) is 1. The van der Waals surface area contributed by atoms with Crippen molar-refractivity contribution in [1.29, 1.82) is 0 Å². The van der Waals surface area contributed by atoms with E-state index < -0.39 is 0 Å². The van der Waals surface area contributed by atoms with Gasteiger partial charge in [0.1, 0.15) is 0 Å². The summed E-state index contributed by atoms with van der Waals surface area (Å²) in [6.45, 7) is 11.9. The molecule has 1 aliphatic rings. The summed E-state index contributed by atoms with van der Waals surface area (Å²) < 4.78 is 0. The number of hydrogen-bond donors (Lipinski definition) is 1. The van der Waals surface area contributed by atoms with E-state index in [-0.39, 0.29) is 0 Å². The molecular weight excluding hydrogens is 172 g/mol. The van der Waals surface area contributed by atoms with E-state index in [1.54, 1.807) is 0 Å². The second kappa shape index (κ2) is 6.41. The van der Waals surface area contributed by atoms with Gasteiger partial charge in [-0.1, -0.05) is 26.7 Å². The van der Waals surface area contributed by atoms with Gasteiger partial charge < -0.3 is 5.32 Å². The Bertz CT molecular complexity index is 143. The molecule has 1 rings (SSSR count). The Morgan fingerprint density at radius 3 is 2.64 bits per heavy atom. The molecule has 0 bridgehead atoms. The molecule has 0 aromatic heterocycles. The molecule has 0 aromatic carbocycles. The average molecular weight is 198 g/mol. The first kappa shape index (κ1) is 12.0. The first-order chi connectivity index (χ1) is 6.77. The summed E-state index contributed by atoms with van der Waals surface area (Å²) in [6.07, 6.45) is 3.96. The van der Waals surface area contributed by atoms with Gasteiger partial charge in [0.05, 0.1) is 0 Å². The minimum Gasteiger partial charge on any atom is -0.315 e. The van der Waals surface area contributed by atoms with Crippen LogP contribution in [0.15, 0.2) is 0 Å². The van der Waals surface area contributed by atoms with Crippen molar-refractivity contribution >= 4 is 0 Å². The van der Waals surface area contributed by atoms with Gasteiger partial charge in [0.25, 0.3) is 0 Å². The van der Waals surface area contributed by atoms with Gasteiger partial charge in [-0.25, -0.2) is 0 Å². The Labute approximate surface area is 89.1 Å². The van der Waals surface area contributed by atoms with E-state index in [0.717, 1.165) is 12.0 Å². The molecule has 0 aromatic rings. The molecule has 1 aliphatic heterocycles. The topological polar surface area (TPSA) is 15.3 Å². The molecule has 1 fully saturated rings. The molecular formula is C12H26N2. The largest absolute Gasteiger partial charge is 0.315 e. The maximum absolute atomic E-state index is 3.48. The van der Waals surface area contributed by atoms with Crippen LogP contribution in [0, 0.1) is 5.92 Å². The molecule has 14 heavy (non-hydrogen) atoms. The molecule has 1 unspecified atom stereocenters. The van der Waals surface area contributed by atoms with Gasteiger partial charge in [-0.3, -0.25) is 4.90 Å². The van der Waals surface area contributed by atoms with Crippen LogP contribution < -0.4 is 5.32 Å². The minimum atomic E-state index is 0.769. The summed E-state index contributed by atoms with van der Waals surface area (Å²) in [5, 5.41) is 3.48. The second-order valence-electron chi connectivity index (χ2n) is 4.57. The second-order valence-corrected chi connectivity index (χ2v) is 4.57. The molecule has 2 heteroatoms. The maximum Gasteiger partial charge on any atom is 0.0110 e. The summed E-state index contributed by atoms with van der Waals surface area (Å²) in [4.78, 5) is 2.66. The third-order valence-corrected chi connectivity index (χ3v) is 3.59. The Hall–Kier alpha value is -0.0800. The van der Waals surface area contributed by atoms with Gasteiger partial charge in [-0.05, 0) is 25.8 Å². The first-order valence-electron chi connectivity index (χ1n) is 6.22. The molecule has 0 radical (unpaired) electrons. The van der Waals surface area contributed by atoms with Crippen molar-refractivity contribution in [2.45, 2.75) is 46.1 Å². The fourth-order valence-electron chi connectivity index (χ4n) is 2.21. The molecule has 0 aliphatic carbocycles. The van der Waals surface area contributed by atoms with E-state index in [9.17, 15) is 0 Å². The van der Waals surface area contributed by atoms with Crippen LogP contribution >= 0.6 is 0 Å². The highest BCUT2D eigenvalue weighted by Gasteiger charge is 2.18. The summed E-state index contributed by atoms with van der Waals surface area (Å²) in [5.74, 6) is 0.899. The zero-order valence-electron chi connectivity index (χ0n) is 10.1. The Morgan fingerprint density at radius 1 is 1.29 bits per heavy atom. The average Bonchev–Trinajstić information content (AvgIpc) is 2.40. The lowest BCUT2D eigenvalue weighted by atomic mass is 10.0. The van der Waals surface area contributed by atoms with E-state index in [1.807, 2.05) is 0 Å². The van der Waals surface area contributed by atoms with Crippen LogP contribution in [0.3, 0.4) is 0 Å². The maximum atomic E-state index is 3.48. The number of rotatable bonds is 4. The van der Waals surface area contributed by atoms with Crippen LogP contribution in [0.1, 0.15) is 40.0 Å². The van der Waals surface area contributed by atoms with Crippen molar-refractivity contribution < 1.29 is 0 Å². The molecule has 0 amide bonds. The quantitative estimate of drug-likeness (QED) is 0.744. The summed E-state index contributed by atoms with van der Waals surface area (Å²) in [7, 11) is 0. The van der Waals surface area contributed by atoms with Gasteiger partial charge in [0, 0.05) is 25.7 Å². The molecule has 0 spiro atoms. The normalized spacial score (nSPS) is 25.3. The first-order valence-corrected chi connectivity index (χ1v) is 6.22. The SMILES string of the molecule is CCC(CC)CN1CCNCCC1C. The fraction of sp³-hybridized carbons (Fsp3) is 1.00. The Balaban J connectivity index is 2.39. The molecule has 2 nitrogen and oxygen atoms in total. The van der Waals surface area contributed by atoms with E-state index in [1.165, 1.54) is 45.4 Å². The van der Waals surface area contributed by atoms with E-state index >= 15 is 0 Å². The predicted molar refractivity (Wildman–Crippen MR) is 62.6 cm³/mol. The number of hydrogen-bond acceptors (Lipinski definition) is 2. The molecule has 1 heterocycles.